The topological polar surface area (TPSA) is 88.3 Å². The van der Waals surface area contributed by atoms with Crippen molar-refractivity contribution >= 4 is 23.5 Å². The third-order valence-corrected chi connectivity index (χ3v) is 6.42. The Kier molecular flexibility index (Phi) is 7.22. The number of nitrogens with one attached hydrogen (secondary N) is 1. The van der Waals surface area contributed by atoms with Gasteiger partial charge in [0.2, 0.25) is 0 Å². The number of rotatable bonds is 3. The molecule has 8 nitrogen and oxygen atoms in total. The number of halogens is 3. The van der Waals surface area contributed by atoms with Gasteiger partial charge >= 0.3 is 6.09 Å². The minimum atomic E-state index is -1.29. The molecular weight excluding hydrogens is 499 g/mol. The number of benzene rings is 1. The van der Waals surface area contributed by atoms with Gasteiger partial charge in [-0.05, 0) is 51.5 Å². The predicted molar refractivity (Wildman–Crippen MR) is 136 cm³/mol. The summed E-state index contributed by atoms with van der Waals surface area (Å²) in [6, 6.07) is 3.85. The maximum atomic E-state index is 14.9. The minimum Gasteiger partial charge on any atom is -0.444 e. The SMILES string of the molecule is CC(=NC(=O)c1ccn2c3c(nc2c1)C[C@H](c1cc(F)c(F)cc1F)C(NC(=O)OC(C)(C)C)C3)N(C)C. The maximum absolute atomic E-state index is 14.9. The highest BCUT2D eigenvalue weighted by Crippen LogP contribution is 2.35. The quantitative estimate of drug-likeness (QED) is 0.303. The Labute approximate surface area is 218 Å². The number of aliphatic imine (C=N–C) groups is 1. The van der Waals surface area contributed by atoms with Gasteiger partial charge in [-0.25, -0.2) is 22.9 Å². The fraction of sp³-hybridized carbons (Fsp3) is 0.407. The molecule has 2 amide bonds. The van der Waals surface area contributed by atoms with Gasteiger partial charge in [-0.3, -0.25) is 4.79 Å². The number of alkyl carbamates (subject to hydrolysis) is 1. The maximum Gasteiger partial charge on any atom is 0.407 e. The molecule has 3 aromatic rings. The smallest absolute Gasteiger partial charge is 0.407 e. The monoisotopic (exact) mass is 529 g/mol. The molecule has 0 bridgehead atoms. The van der Waals surface area contributed by atoms with Gasteiger partial charge < -0.3 is 19.4 Å². The lowest BCUT2D eigenvalue weighted by atomic mass is 9.80. The van der Waals surface area contributed by atoms with Crippen molar-refractivity contribution in [2.45, 2.75) is 58.1 Å². The number of imidazole rings is 1. The van der Waals surface area contributed by atoms with E-state index in [1.54, 1.807) is 69.4 Å². The van der Waals surface area contributed by atoms with Gasteiger partial charge in [0.05, 0.1) is 5.69 Å². The van der Waals surface area contributed by atoms with Crippen LogP contribution < -0.4 is 5.32 Å². The van der Waals surface area contributed by atoms with Crippen LogP contribution >= 0.6 is 0 Å². The molecule has 0 fully saturated rings. The van der Waals surface area contributed by atoms with Gasteiger partial charge in [0.1, 0.15) is 22.9 Å². The van der Waals surface area contributed by atoms with Crippen molar-refractivity contribution in [2.24, 2.45) is 4.99 Å². The van der Waals surface area contributed by atoms with Gasteiger partial charge in [0, 0.05) is 62.4 Å². The Morgan fingerprint density at radius 3 is 2.45 bits per heavy atom. The van der Waals surface area contributed by atoms with Crippen LogP contribution in [-0.2, 0) is 17.6 Å². The van der Waals surface area contributed by atoms with Gasteiger partial charge in [-0.15, -0.1) is 0 Å². The molecule has 0 radical (unpaired) electrons. The van der Waals surface area contributed by atoms with Gasteiger partial charge in [-0.1, -0.05) is 0 Å². The van der Waals surface area contributed by atoms with E-state index in [-0.39, 0.29) is 18.4 Å². The number of fused-ring (bicyclic) bond motifs is 3. The first-order chi connectivity index (χ1) is 17.7. The molecule has 1 aromatic carbocycles. The van der Waals surface area contributed by atoms with E-state index < -0.39 is 47.0 Å². The summed E-state index contributed by atoms with van der Waals surface area (Å²) in [4.78, 5) is 35.7. The highest BCUT2D eigenvalue weighted by Gasteiger charge is 2.36. The van der Waals surface area contributed by atoms with Crippen LogP contribution in [0.3, 0.4) is 0 Å². The van der Waals surface area contributed by atoms with Crippen molar-refractivity contribution in [3.8, 4) is 0 Å². The Hall–Kier alpha value is -3.89. The molecule has 0 saturated heterocycles. The van der Waals surface area contributed by atoms with Crippen molar-refractivity contribution in [3.05, 3.63) is 70.4 Å². The Morgan fingerprint density at radius 1 is 1.11 bits per heavy atom. The number of carbonyl (C=O) groups excluding carboxylic acids is 2. The van der Waals surface area contributed by atoms with Crippen molar-refractivity contribution in [1.82, 2.24) is 19.6 Å². The van der Waals surface area contributed by atoms with E-state index in [0.717, 1.165) is 11.8 Å². The third kappa shape index (κ3) is 5.66. The summed E-state index contributed by atoms with van der Waals surface area (Å²) in [6.07, 6.45) is 1.33. The summed E-state index contributed by atoms with van der Waals surface area (Å²) in [6.45, 7) is 6.86. The van der Waals surface area contributed by atoms with Crippen LogP contribution in [0.25, 0.3) is 5.65 Å². The number of aromatic nitrogens is 2. The van der Waals surface area contributed by atoms with Crippen LogP contribution in [-0.4, -0.2) is 57.9 Å². The summed E-state index contributed by atoms with van der Waals surface area (Å²) in [5.74, 6) is -4.02. The number of hydrogen-bond acceptors (Lipinski definition) is 4. The molecular formula is C27H30F3N5O3. The molecule has 1 N–H and O–H groups in total. The first-order valence-electron chi connectivity index (χ1n) is 12.1. The number of hydrogen-bond donors (Lipinski definition) is 1. The zero-order chi connectivity index (χ0) is 27.9. The second-order valence-electron chi connectivity index (χ2n) is 10.6. The number of nitrogens with zero attached hydrogens (tertiary/aromatic N) is 4. The third-order valence-electron chi connectivity index (χ3n) is 6.42. The lowest BCUT2D eigenvalue weighted by Gasteiger charge is -2.33. The molecule has 0 saturated carbocycles. The number of ether oxygens (including phenoxy) is 1. The van der Waals surface area contributed by atoms with E-state index in [2.05, 4.69) is 15.3 Å². The largest absolute Gasteiger partial charge is 0.444 e. The van der Waals surface area contributed by atoms with Gasteiger partial charge in [0.25, 0.3) is 5.91 Å². The molecule has 2 aromatic heterocycles. The standard InChI is InChI=1S/C27H30F3N5O3/c1-14(34(5)6)31-25(36)15-7-8-35-23-13-21(33-26(37)38-27(2,3)4)17(11-22(23)32-24(35)9-15)16-10-19(29)20(30)12-18(16)28/h7-10,12,17,21H,11,13H2,1-6H3,(H,33,37)/t17-,21?/m1/s1. The average Bonchev–Trinajstić information content (AvgIpc) is 3.16. The van der Waals surface area contributed by atoms with Gasteiger partial charge in [0.15, 0.2) is 11.6 Å². The molecule has 38 heavy (non-hydrogen) atoms. The van der Waals surface area contributed by atoms with E-state index >= 15 is 0 Å². The van der Waals surface area contributed by atoms with Crippen LogP contribution in [0.4, 0.5) is 18.0 Å². The van der Waals surface area contributed by atoms with E-state index in [9.17, 15) is 22.8 Å². The zero-order valence-electron chi connectivity index (χ0n) is 22.1. The van der Waals surface area contributed by atoms with E-state index in [1.807, 2.05) is 0 Å². The molecule has 0 aliphatic heterocycles. The van der Waals surface area contributed by atoms with Crippen LogP contribution in [0, 0.1) is 17.5 Å². The lowest BCUT2D eigenvalue weighted by molar-refractivity contribution is 0.0492. The summed E-state index contributed by atoms with van der Waals surface area (Å²) in [5, 5.41) is 2.78. The zero-order valence-corrected chi connectivity index (χ0v) is 22.1. The highest BCUT2D eigenvalue weighted by atomic mass is 19.2. The Bertz CT molecular complexity index is 1440. The van der Waals surface area contributed by atoms with Crippen LogP contribution in [0.1, 0.15) is 60.9 Å². The predicted octanol–water partition coefficient (Wildman–Crippen LogP) is 4.65. The highest BCUT2D eigenvalue weighted by molar-refractivity contribution is 6.03. The van der Waals surface area contributed by atoms with Crippen molar-refractivity contribution in [1.29, 1.82) is 0 Å². The minimum absolute atomic E-state index is 0.0722. The van der Waals surface area contributed by atoms with E-state index in [4.69, 9.17) is 4.74 Å². The Morgan fingerprint density at radius 2 is 1.79 bits per heavy atom. The second kappa shape index (κ2) is 10.1. The van der Waals surface area contributed by atoms with Crippen LogP contribution in [0.2, 0.25) is 0 Å². The average molecular weight is 530 g/mol. The lowest BCUT2D eigenvalue weighted by Crippen LogP contribution is -2.46. The number of pyridine rings is 1. The van der Waals surface area contributed by atoms with E-state index in [0.29, 0.717) is 28.8 Å². The number of carbonyl (C=O) groups is 2. The molecule has 1 aliphatic carbocycles. The first kappa shape index (κ1) is 27.2. The fourth-order valence-corrected chi connectivity index (χ4v) is 4.43. The van der Waals surface area contributed by atoms with Crippen LogP contribution in [0.5, 0.6) is 0 Å². The molecule has 202 valence electrons. The molecule has 1 aliphatic rings. The number of amides is 2. The van der Waals surface area contributed by atoms with Crippen molar-refractivity contribution in [2.75, 3.05) is 14.1 Å². The summed E-state index contributed by atoms with van der Waals surface area (Å²) >= 11 is 0. The van der Waals surface area contributed by atoms with Crippen LogP contribution in [0.15, 0.2) is 35.5 Å². The Balaban J connectivity index is 1.74. The molecule has 2 atom stereocenters. The van der Waals surface area contributed by atoms with Crippen molar-refractivity contribution in [3.63, 3.8) is 0 Å². The second-order valence-corrected chi connectivity index (χ2v) is 10.6. The van der Waals surface area contributed by atoms with Crippen molar-refractivity contribution < 1.29 is 27.5 Å². The normalized spacial score (nSPS) is 17.8. The number of amidine groups is 1. The first-order valence-corrected chi connectivity index (χ1v) is 12.1. The molecule has 4 rings (SSSR count). The van der Waals surface area contributed by atoms with Gasteiger partial charge in [-0.2, -0.15) is 4.99 Å². The fourth-order valence-electron chi connectivity index (χ4n) is 4.43. The molecule has 11 heteroatoms. The van der Waals surface area contributed by atoms with E-state index in [1.165, 1.54) is 0 Å². The summed E-state index contributed by atoms with van der Waals surface area (Å²) in [5.41, 5.74) is 1.31. The summed E-state index contributed by atoms with van der Waals surface area (Å²) < 4.78 is 49.8. The molecule has 1 unspecified atom stereocenters. The summed E-state index contributed by atoms with van der Waals surface area (Å²) in [7, 11) is 3.57. The molecule has 2 heterocycles. The molecule has 0 spiro atoms.